The van der Waals surface area contributed by atoms with Crippen molar-refractivity contribution < 1.29 is 9.53 Å². The zero-order valence-corrected chi connectivity index (χ0v) is 12.2. The smallest absolute Gasteiger partial charge is 0.181 e. The number of benzene rings is 1. The van der Waals surface area contributed by atoms with E-state index in [0.717, 1.165) is 15.8 Å². The van der Waals surface area contributed by atoms with Crippen molar-refractivity contribution in [2.24, 2.45) is 0 Å². The van der Waals surface area contributed by atoms with Crippen LogP contribution in [0, 0.1) is 0 Å². The molecule has 0 saturated carbocycles. The van der Waals surface area contributed by atoms with Gasteiger partial charge in [0.15, 0.2) is 5.78 Å². The average Bonchev–Trinajstić information content (AvgIpc) is 2.46. The van der Waals surface area contributed by atoms with Gasteiger partial charge in [-0.2, -0.15) is 0 Å². The number of ketones is 1. The summed E-state index contributed by atoms with van der Waals surface area (Å²) in [4.78, 5) is 16.1. The van der Waals surface area contributed by atoms with Crippen molar-refractivity contribution >= 4 is 21.7 Å². The standard InChI is InChI=1S/C15H14BrNO2/c1-19-13-6-2-11(3-7-13)4-9-15(18)14-8-5-12(16)10-17-14/h2-3,5-8,10H,4,9H2,1H3. The Morgan fingerprint density at radius 1 is 1.21 bits per heavy atom. The number of hydrogen-bond acceptors (Lipinski definition) is 3. The van der Waals surface area contributed by atoms with Gasteiger partial charge in [0.05, 0.1) is 7.11 Å². The lowest BCUT2D eigenvalue weighted by atomic mass is 10.1. The van der Waals surface area contributed by atoms with Gasteiger partial charge >= 0.3 is 0 Å². The molecule has 0 aliphatic carbocycles. The van der Waals surface area contributed by atoms with Crippen molar-refractivity contribution in [3.63, 3.8) is 0 Å². The molecule has 0 aliphatic heterocycles. The zero-order chi connectivity index (χ0) is 13.7. The van der Waals surface area contributed by atoms with E-state index in [9.17, 15) is 4.79 Å². The molecule has 0 aliphatic rings. The molecule has 0 amide bonds. The van der Waals surface area contributed by atoms with E-state index in [1.807, 2.05) is 30.3 Å². The summed E-state index contributed by atoms with van der Waals surface area (Å²) in [5.41, 5.74) is 1.63. The van der Waals surface area contributed by atoms with Crippen LogP contribution in [0.25, 0.3) is 0 Å². The Hall–Kier alpha value is -1.68. The highest BCUT2D eigenvalue weighted by Gasteiger charge is 2.07. The van der Waals surface area contributed by atoms with Gasteiger partial charge in [-0.25, -0.2) is 0 Å². The van der Waals surface area contributed by atoms with Gasteiger partial charge in [-0.1, -0.05) is 12.1 Å². The van der Waals surface area contributed by atoms with Crippen LogP contribution in [-0.4, -0.2) is 17.9 Å². The van der Waals surface area contributed by atoms with Gasteiger partial charge in [-0.3, -0.25) is 9.78 Å². The normalized spacial score (nSPS) is 10.2. The van der Waals surface area contributed by atoms with E-state index in [4.69, 9.17) is 4.74 Å². The second-order valence-electron chi connectivity index (χ2n) is 4.13. The second-order valence-corrected chi connectivity index (χ2v) is 5.05. The van der Waals surface area contributed by atoms with Crippen molar-refractivity contribution in [1.29, 1.82) is 0 Å². The third kappa shape index (κ3) is 3.89. The largest absolute Gasteiger partial charge is 0.497 e. The van der Waals surface area contributed by atoms with Crippen LogP contribution in [0.1, 0.15) is 22.5 Å². The first-order valence-corrected chi connectivity index (χ1v) is 6.76. The Bertz CT molecular complexity index is 549. The van der Waals surface area contributed by atoms with E-state index in [2.05, 4.69) is 20.9 Å². The molecule has 2 aromatic rings. The van der Waals surface area contributed by atoms with E-state index in [-0.39, 0.29) is 5.78 Å². The number of nitrogens with zero attached hydrogens (tertiary/aromatic N) is 1. The van der Waals surface area contributed by atoms with Gasteiger partial charge in [0, 0.05) is 17.1 Å². The van der Waals surface area contributed by atoms with Crippen LogP contribution in [0.5, 0.6) is 5.75 Å². The predicted molar refractivity (Wildman–Crippen MR) is 77.6 cm³/mol. The number of hydrogen-bond donors (Lipinski definition) is 0. The number of aryl methyl sites for hydroxylation is 1. The van der Waals surface area contributed by atoms with Crippen LogP contribution in [0.2, 0.25) is 0 Å². The fraction of sp³-hybridized carbons (Fsp3) is 0.200. The van der Waals surface area contributed by atoms with Crippen LogP contribution in [0.4, 0.5) is 0 Å². The Labute approximate surface area is 120 Å². The highest BCUT2D eigenvalue weighted by atomic mass is 79.9. The lowest BCUT2D eigenvalue weighted by Gasteiger charge is -2.03. The SMILES string of the molecule is COc1ccc(CCC(=O)c2ccc(Br)cn2)cc1. The van der Waals surface area contributed by atoms with Crippen LogP contribution in [-0.2, 0) is 6.42 Å². The van der Waals surface area contributed by atoms with Crippen molar-refractivity contribution in [2.75, 3.05) is 7.11 Å². The van der Waals surface area contributed by atoms with Crippen molar-refractivity contribution in [1.82, 2.24) is 4.98 Å². The van der Waals surface area contributed by atoms with Crippen LogP contribution in [0.15, 0.2) is 47.1 Å². The summed E-state index contributed by atoms with van der Waals surface area (Å²) in [6.07, 6.45) is 2.81. The molecular weight excluding hydrogens is 306 g/mol. The summed E-state index contributed by atoms with van der Waals surface area (Å²) >= 11 is 3.30. The minimum atomic E-state index is 0.0586. The van der Waals surface area contributed by atoms with Crippen molar-refractivity contribution in [2.45, 2.75) is 12.8 Å². The van der Waals surface area contributed by atoms with Crippen LogP contribution < -0.4 is 4.74 Å². The number of carbonyl (C=O) groups is 1. The fourth-order valence-electron chi connectivity index (χ4n) is 1.72. The number of aromatic nitrogens is 1. The number of halogens is 1. The molecule has 98 valence electrons. The summed E-state index contributed by atoms with van der Waals surface area (Å²) in [6, 6.07) is 11.3. The Morgan fingerprint density at radius 2 is 1.95 bits per heavy atom. The Kier molecular flexibility index (Phi) is 4.68. The van der Waals surface area contributed by atoms with E-state index in [1.54, 1.807) is 19.4 Å². The van der Waals surface area contributed by atoms with E-state index in [1.165, 1.54) is 0 Å². The maximum atomic E-state index is 11.9. The minimum Gasteiger partial charge on any atom is -0.497 e. The van der Waals surface area contributed by atoms with Gasteiger partial charge in [-0.05, 0) is 52.2 Å². The van der Waals surface area contributed by atoms with Gasteiger partial charge in [0.25, 0.3) is 0 Å². The molecule has 0 spiro atoms. The number of rotatable bonds is 5. The summed E-state index contributed by atoms with van der Waals surface area (Å²) in [7, 11) is 1.64. The van der Waals surface area contributed by atoms with Gasteiger partial charge in [-0.15, -0.1) is 0 Å². The first kappa shape index (κ1) is 13.7. The topological polar surface area (TPSA) is 39.2 Å². The average molecular weight is 320 g/mol. The predicted octanol–water partition coefficient (Wildman–Crippen LogP) is 3.67. The first-order chi connectivity index (χ1) is 9.19. The first-order valence-electron chi connectivity index (χ1n) is 5.97. The van der Waals surface area contributed by atoms with Gasteiger partial charge in [0.1, 0.15) is 11.4 Å². The van der Waals surface area contributed by atoms with Gasteiger partial charge in [0.2, 0.25) is 0 Å². The molecule has 2 rings (SSSR count). The maximum absolute atomic E-state index is 11.9. The molecule has 0 fully saturated rings. The molecular formula is C15H14BrNO2. The van der Waals surface area contributed by atoms with E-state index in [0.29, 0.717) is 18.5 Å². The molecule has 19 heavy (non-hydrogen) atoms. The monoisotopic (exact) mass is 319 g/mol. The second kappa shape index (κ2) is 6.48. The molecule has 0 N–H and O–H groups in total. The highest BCUT2D eigenvalue weighted by Crippen LogP contribution is 2.14. The van der Waals surface area contributed by atoms with Crippen LogP contribution >= 0.6 is 15.9 Å². The van der Waals surface area contributed by atoms with Crippen molar-refractivity contribution in [3.8, 4) is 5.75 Å². The summed E-state index contributed by atoms with van der Waals surface area (Å²) < 4.78 is 5.97. The number of Topliss-reactive ketones (excluding diaryl/α,β-unsaturated/α-hetero) is 1. The number of pyridine rings is 1. The summed E-state index contributed by atoms with van der Waals surface area (Å²) in [5, 5.41) is 0. The lowest BCUT2D eigenvalue weighted by Crippen LogP contribution is -2.03. The minimum absolute atomic E-state index is 0.0586. The molecule has 0 bridgehead atoms. The third-order valence-corrected chi connectivity index (χ3v) is 3.28. The lowest BCUT2D eigenvalue weighted by molar-refractivity contribution is 0.0978. The Balaban J connectivity index is 1.94. The van der Waals surface area contributed by atoms with E-state index < -0.39 is 0 Å². The highest BCUT2D eigenvalue weighted by molar-refractivity contribution is 9.10. The van der Waals surface area contributed by atoms with E-state index >= 15 is 0 Å². The van der Waals surface area contributed by atoms with Crippen LogP contribution in [0.3, 0.4) is 0 Å². The molecule has 1 aromatic carbocycles. The molecule has 1 aromatic heterocycles. The molecule has 4 heteroatoms. The molecule has 0 unspecified atom stereocenters. The molecule has 1 heterocycles. The molecule has 0 radical (unpaired) electrons. The zero-order valence-electron chi connectivity index (χ0n) is 10.6. The number of methoxy groups -OCH3 is 1. The third-order valence-electron chi connectivity index (χ3n) is 2.81. The fourth-order valence-corrected chi connectivity index (χ4v) is 1.95. The summed E-state index contributed by atoms with van der Waals surface area (Å²) in [5.74, 6) is 0.882. The number of carbonyl (C=O) groups excluding carboxylic acids is 1. The van der Waals surface area contributed by atoms with Gasteiger partial charge < -0.3 is 4.74 Å². The number of ether oxygens (including phenoxy) is 1. The maximum Gasteiger partial charge on any atom is 0.181 e. The quantitative estimate of drug-likeness (QED) is 0.789. The molecule has 0 atom stereocenters. The summed E-state index contributed by atoms with van der Waals surface area (Å²) in [6.45, 7) is 0. The molecule has 3 nitrogen and oxygen atoms in total. The van der Waals surface area contributed by atoms with Crippen molar-refractivity contribution in [3.05, 3.63) is 58.3 Å². The Morgan fingerprint density at radius 3 is 2.53 bits per heavy atom. The molecule has 0 saturated heterocycles.